The van der Waals surface area contributed by atoms with Crippen molar-refractivity contribution in [3.8, 4) is 39.5 Å². The Kier molecular flexibility index (Phi) is 10.4. The Morgan fingerprint density at radius 2 is 1.35 bits per heavy atom. The summed E-state index contributed by atoms with van der Waals surface area (Å²) in [5, 5.41) is 22.3. The number of nitrogen functional groups attached to an aromatic ring is 1. The molecule has 2 aliphatic rings. The van der Waals surface area contributed by atoms with Crippen molar-refractivity contribution in [3.05, 3.63) is 119 Å². The van der Waals surface area contributed by atoms with Gasteiger partial charge in [-0.3, -0.25) is 9.59 Å². The zero-order valence-corrected chi connectivity index (χ0v) is 30.6. The lowest BCUT2D eigenvalue weighted by atomic mass is 9.77. The highest BCUT2D eigenvalue weighted by molar-refractivity contribution is 7.99. The Morgan fingerprint density at radius 1 is 0.712 bits per heavy atom. The number of nitrogens with two attached hydrogens (primary N) is 1. The molecule has 266 valence electrons. The Labute approximate surface area is 310 Å². The molecule has 6 nitrogen and oxygen atoms in total. The van der Waals surface area contributed by atoms with Gasteiger partial charge in [-0.1, -0.05) is 92.9 Å². The predicted octanol–water partition coefficient (Wildman–Crippen LogP) is 11.2. The van der Waals surface area contributed by atoms with E-state index in [-0.39, 0.29) is 39.4 Å². The molecule has 0 atom stereocenters. The van der Waals surface area contributed by atoms with Crippen LogP contribution in [0.5, 0.6) is 17.2 Å². The zero-order valence-electron chi connectivity index (χ0n) is 29.8. The van der Waals surface area contributed by atoms with Crippen LogP contribution in [0, 0.1) is 5.92 Å². The molecular weight excluding hydrogens is 667 g/mol. The van der Waals surface area contributed by atoms with Crippen LogP contribution in [0.25, 0.3) is 22.3 Å². The predicted molar refractivity (Wildman–Crippen MR) is 209 cm³/mol. The highest BCUT2D eigenvalue weighted by Gasteiger charge is 2.39. The van der Waals surface area contributed by atoms with Gasteiger partial charge in [0, 0.05) is 21.0 Å². The first-order chi connectivity index (χ1) is 25.3. The number of benzene rings is 5. The van der Waals surface area contributed by atoms with E-state index in [9.17, 15) is 19.8 Å². The monoisotopic (exact) mass is 711 g/mol. The van der Waals surface area contributed by atoms with Crippen LogP contribution in [0.1, 0.15) is 109 Å². The number of ether oxygens (including phenoxy) is 1. The van der Waals surface area contributed by atoms with Gasteiger partial charge in [0.25, 0.3) is 0 Å². The third-order valence-corrected chi connectivity index (χ3v) is 11.8. The van der Waals surface area contributed by atoms with E-state index in [2.05, 4.69) is 43.3 Å². The van der Waals surface area contributed by atoms with Gasteiger partial charge in [0.05, 0.1) is 28.9 Å². The molecule has 5 aromatic carbocycles. The maximum absolute atomic E-state index is 14.3. The zero-order chi connectivity index (χ0) is 36.4. The van der Waals surface area contributed by atoms with E-state index in [0.29, 0.717) is 34.3 Å². The first-order valence-electron chi connectivity index (χ1n) is 18.5. The molecule has 1 saturated carbocycles. The summed E-state index contributed by atoms with van der Waals surface area (Å²) in [4.78, 5) is 29.5. The summed E-state index contributed by atoms with van der Waals surface area (Å²) in [6.07, 6.45) is 10.6. The first kappa shape index (κ1) is 35.4. The third-order valence-electron chi connectivity index (χ3n) is 10.7. The van der Waals surface area contributed by atoms with Crippen LogP contribution in [0.3, 0.4) is 0 Å². The minimum Gasteiger partial charge on any atom is -0.507 e. The quantitative estimate of drug-likeness (QED) is 0.0697. The van der Waals surface area contributed by atoms with Gasteiger partial charge in [0.15, 0.2) is 5.78 Å². The van der Waals surface area contributed by atoms with Crippen LogP contribution >= 0.6 is 11.8 Å². The van der Waals surface area contributed by atoms with E-state index in [1.807, 2.05) is 19.1 Å². The van der Waals surface area contributed by atoms with Crippen LogP contribution in [-0.4, -0.2) is 28.4 Å². The van der Waals surface area contributed by atoms with E-state index in [1.165, 1.54) is 80.8 Å². The molecule has 0 aromatic heterocycles. The number of unbranched alkanes of at least 4 members (excludes halogenated alkanes) is 2. The van der Waals surface area contributed by atoms with Gasteiger partial charge in [-0.25, -0.2) is 0 Å². The van der Waals surface area contributed by atoms with Crippen LogP contribution in [0.4, 0.5) is 5.69 Å². The van der Waals surface area contributed by atoms with E-state index in [1.54, 1.807) is 30.3 Å². The van der Waals surface area contributed by atoms with Crippen molar-refractivity contribution in [1.82, 2.24) is 0 Å². The summed E-state index contributed by atoms with van der Waals surface area (Å²) in [7, 11) is 0. The van der Waals surface area contributed by atoms with Crippen molar-refractivity contribution in [2.75, 3.05) is 12.3 Å². The maximum atomic E-state index is 14.3. The highest BCUT2D eigenvalue weighted by atomic mass is 32.2. The number of carbonyl (C=O) groups is 2. The van der Waals surface area contributed by atoms with Crippen LogP contribution in [0.2, 0.25) is 0 Å². The van der Waals surface area contributed by atoms with Crippen LogP contribution in [0.15, 0.2) is 101 Å². The topological polar surface area (TPSA) is 110 Å². The summed E-state index contributed by atoms with van der Waals surface area (Å²) in [5.41, 5.74) is 10.7. The lowest BCUT2D eigenvalue weighted by Crippen LogP contribution is -2.24. The Bertz CT molecular complexity index is 2100. The van der Waals surface area contributed by atoms with Gasteiger partial charge in [0.2, 0.25) is 5.78 Å². The molecule has 5 aromatic rings. The molecule has 0 bridgehead atoms. The molecular formula is C45H45NO5S. The number of phenolic OH excluding ortho intramolecular Hbond substituents is 2. The minimum atomic E-state index is -0.602. The lowest BCUT2D eigenvalue weighted by Gasteiger charge is -2.29. The number of ketones is 2. The minimum absolute atomic E-state index is 0.0481. The summed E-state index contributed by atoms with van der Waals surface area (Å²) >= 11 is 1.33. The number of fused-ring (bicyclic) bond motifs is 2. The number of carbonyl (C=O) groups excluding carboxylic acids is 2. The fourth-order valence-electron chi connectivity index (χ4n) is 7.90. The van der Waals surface area contributed by atoms with E-state index < -0.39 is 11.6 Å². The second kappa shape index (κ2) is 15.3. The second-order valence-corrected chi connectivity index (χ2v) is 15.1. The van der Waals surface area contributed by atoms with E-state index in [4.69, 9.17) is 10.5 Å². The molecule has 0 amide bonds. The van der Waals surface area contributed by atoms with Gasteiger partial charge in [-0.05, 0) is 109 Å². The molecule has 4 N–H and O–H groups in total. The van der Waals surface area contributed by atoms with Crippen molar-refractivity contribution >= 4 is 29.0 Å². The summed E-state index contributed by atoms with van der Waals surface area (Å²) in [6, 6.07) is 28.7. The van der Waals surface area contributed by atoms with Crippen molar-refractivity contribution in [1.29, 1.82) is 0 Å². The van der Waals surface area contributed by atoms with Gasteiger partial charge in [-0.2, -0.15) is 0 Å². The van der Waals surface area contributed by atoms with E-state index in [0.717, 1.165) is 21.9 Å². The standard InChI is InChI=1S/C45H45NO5S/c1-3-5-6-7-27-8-10-28(11-9-27)29-12-14-30(15-13-29)31-18-22-34(23-19-31)52-38-25-24-37(47)40-41(38)45(50)42-39(44(40)49)36(46)26-35(43(42)48)32-16-20-33(21-17-32)51-4-2/h12-28,47-48H,3-11,46H2,1-2H3. The van der Waals surface area contributed by atoms with Gasteiger partial charge in [0.1, 0.15) is 17.2 Å². The molecule has 52 heavy (non-hydrogen) atoms. The van der Waals surface area contributed by atoms with Crippen molar-refractivity contribution in [3.63, 3.8) is 0 Å². The third kappa shape index (κ3) is 6.94. The molecule has 7 heteroatoms. The normalized spacial score (nSPS) is 16.7. The number of hydrogen-bond donors (Lipinski definition) is 3. The number of aromatic hydroxyl groups is 2. The molecule has 0 aliphatic heterocycles. The summed E-state index contributed by atoms with van der Waals surface area (Å²) < 4.78 is 5.54. The van der Waals surface area contributed by atoms with Gasteiger partial charge in [-0.15, -0.1) is 0 Å². The number of phenols is 2. The van der Waals surface area contributed by atoms with Crippen LogP contribution in [-0.2, 0) is 0 Å². The summed E-state index contributed by atoms with van der Waals surface area (Å²) in [6.45, 7) is 4.68. The lowest BCUT2D eigenvalue weighted by molar-refractivity contribution is 0.0972. The molecule has 0 saturated heterocycles. The van der Waals surface area contributed by atoms with Gasteiger partial charge >= 0.3 is 0 Å². The fraction of sp³-hybridized carbons (Fsp3) is 0.289. The Hall–Kier alpha value is -5.01. The Morgan fingerprint density at radius 3 is 2.00 bits per heavy atom. The molecule has 0 spiro atoms. The SMILES string of the molecule is CCCCCC1CCC(c2ccc(-c3ccc(Sc4ccc(O)c5c4C(=O)c4c(O)c(-c6ccc(OCC)cc6)cc(N)c4C5=O)cc3)cc2)CC1. The van der Waals surface area contributed by atoms with Crippen LogP contribution < -0.4 is 10.5 Å². The number of rotatable bonds is 11. The molecule has 7 rings (SSSR count). The largest absolute Gasteiger partial charge is 0.507 e. The van der Waals surface area contributed by atoms with Crippen molar-refractivity contribution in [2.45, 2.75) is 80.9 Å². The smallest absolute Gasteiger partial charge is 0.200 e. The fourth-order valence-corrected chi connectivity index (χ4v) is 8.86. The molecule has 1 fully saturated rings. The molecule has 0 heterocycles. The number of anilines is 1. The Balaban J connectivity index is 1.10. The average molecular weight is 712 g/mol. The molecule has 0 unspecified atom stereocenters. The van der Waals surface area contributed by atoms with Crippen molar-refractivity contribution < 1.29 is 24.5 Å². The first-order valence-corrected chi connectivity index (χ1v) is 19.3. The maximum Gasteiger partial charge on any atom is 0.200 e. The van der Waals surface area contributed by atoms with Crippen molar-refractivity contribution in [2.24, 2.45) is 5.92 Å². The summed E-state index contributed by atoms with van der Waals surface area (Å²) in [5.74, 6) is 0.397. The average Bonchev–Trinajstić information content (AvgIpc) is 3.16. The van der Waals surface area contributed by atoms with Gasteiger partial charge < -0.3 is 20.7 Å². The highest BCUT2D eigenvalue weighted by Crippen LogP contribution is 2.47. The second-order valence-electron chi connectivity index (χ2n) is 14.0. The molecule has 0 radical (unpaired) electrons. The van der Waals surface area contributed by atoms with E-state index >= 15 is 0 Å². The molecule has 2 aliphatic carbocycles. The number of hydrogen-bond acceptors (Lipinski definition) is 7.